The number of hydrogen-bond donors (Lipinski definition) is 3. The Bertz CT molecular complexity index is 482. The number of alkyl carbamates (subject to hydrolysis) is 2. The summed E-state index contributed by atoms with van der Waals surface area (Å²) in [6.45, 7) is 10.6. The Labute approximate surface area is 168 Å². The van der Waals surface area contributed by atoms with Crippen LogP contribution < -0.4 is 16.0 Å². The Morgan fingerprint density at radius 2 is 1.39 bits per heavy atom. The van der Waals surface area contributed by atoms with E-state index in [-0.39, 0.29) is 36.7 Å². The summed E-state index contributed by atoms with van der Waals surface area (Å²) in [6, 6.07) is 0. The molecule has 0 unspecified atom stereocenters. The normalized spacial score (nSPS) is 11.7. The van der Waals surface area contributed by atoms with Crippen molar-refractivity contribution >= 4 is 18.1 Å². The molecule has 0 bridgehead atoms. The molecule has 0 atom stereocenters. The first-order valence-electron chi connectivity index (χ1n) is 9.50. The van der Waals surface area contributed by atoms with Gasteiger partial charge in [-0.2, -0.15) is 0 Å². The van der Waals surface area contributed by atoms with Crippen LogP contribution in [0.25, 0.3) is 0 Å². The van der Waals surface area contributed by atoms with E-state index in [9.17, 15) is 14.4 Å². The van der Waals surface area contributed by atoms with Crippen LogP contribution >= 0.6 is 0 Å². The quantitative estimate of drug-likeness (QED) is 0.456. The molecule has 0 rings (SSSR count). The molecule has 9 heteroatoms. The third-order valence-electron chi connectivity index (χ3n) is 3.56. The zero-order valence-electron chi connectivity index (χ0n) is 18.3. The number of amides is 3. The van der Waals surface area contributed by atoms with Gasteiger partial charge in [-0.15, -0.1) is 0 Å². The summed E-state index contributed by atoms with van der Waals surface area (Å²) >= 11 is 0. The summed E-state index contributed by atoms with van der Waals surface area (Å²) in [6.07, 6.45) is -0.156. The maximum absolute atomic E-state index is 12.2. The van der Waals surface area contributed by atoms with Crippen LogP contribution in [-0.4, -0.2) is 63.7 Å². The second-order valence-corrected chi connectivity index (χ2v) is 8.46. The zero-order chi connectivity index (χ0) is 21.8. The molecule has 0 saturated carbocycles. The Hall–Kier alpha value is -2.03. The standard InChI is InChI=1S/C19H37N3O6/c1-18(2,3)13-19(4,5)22-15(23)9-8-10-26-14(11-27-16(24)20-6)12-28-17(25)21-7/h14H,8-13H2,1-7H3,(H,20,24)(H,21,25)(H,22,23). The highest BCUT2D eigenvalue weighted by molar-refractivity contribution is 5.76. The molecule has 0 aliphatic rings. The number of ether oxygens (including phenoxy) is 3. The van der Waals surface area contributed by atoms with Gasteiger partial charge in [0.05, 0.1) is 0 Å². The predicted octanol–water partition coefficient (Wildman–Crippen LogP) is 2.19. The molecule has 3 amide bonds. The lowest BCUT2D eigenvalue weighted by Gasteiger charge is -2.33. The highest BCUT2D eigenvalue weighted by Crippen LogP contribution is 2.26. The van der Waals surface area contributed by atoms with Crippen LogP contribution in [0.5, 0.6) is 0 Å². The summed E-state index contributed by atoms with van der Waals surface area (Å²) in [7, 11) is 2.89. The van der Waals surface area contributed by atoms with E-state index in [1.807, 2.05) is 13.8 Å². The summed E-state index contributed by atoms with van der Waals surface area (Å²) in [5.41, 5.74) is -0.176. The maximum Gasteiger partial charge on any atom is 0.406 e. The van der Waals surface area contributed by atoms with Gasteiger partial charge in [0.25, 0.3) is 0 Å². The maximum atomic E-state index is 12.2. The summed E-state index contributed by atoms with van der Waals surface area (Å²) < 4.78 is 15.5. The Balaban J connectivity index is 4.33. The molecular weight excluding hydrogens is 366 g/mol. The van der Waals surface area contributed by atoms with Gasteiger partial charge in [0, 0.05) is 32.7 Å². The van der Waals surface area contributed by atoms with Gasteiger partial charge in [-0.05, 0) is 32.1 Å². The second kappa shape index (κ2) is 12.4. The Morgan fingerprint density at radius 1 is 0.893 bits per heavy atom. The number of carbonyl (C=O) groups is 3. The third kappa shape index (κ3) is 14.1. The van der Waals surface area contributed by atoms with Crippen molar-refractivity contribution < 1.29 is 28.6 Å². The molecule has 0 aromatic rings. The average molecular weight is 404 g/mol. The molecule has 9 nitrogen and oxygen atoms in total. The van der Waals surface area contributed by atoms with Crippen LogP contribution in [0.4, 0.5) is 9.59 Å². The molecule has 3 N–H and O–H groups in total. The van der Waals surface area contributed by atoms with Gasteiger partial charge >= 0.3 is 12.2 Å². The number of carbonyl (C=O) groups excluding carboxylic acids is 3. The lowest BCUT2D eigenvalue weighted by Crippen LogP contribution is -2.45. The fourth-order valence-corrected chi connectivity index (χ4v) is 2.92. The van der Waals surface area contributed by atoms with Crippen molar-refractivity contribution in [2.75, 3.05) is 33.9 Å². The third-order valence-corrected chi connectivity index (χ3v) is 3.56. The van der Waals surface area contributed by atoms with E-state index >= 15 is 0 Å². The summed E-state index contributed by atoms with van der Waals surface area (Å²) in [5.74, 6) is -0.0439. The molecule has 0 spiro atoms. The largest absolute Gasteiger partial charge is 0.447 e. The SMILES string of the molecule is CNC(=O)OCC(COC(=O)NC)OCCCC(=O)NC(C)(C)CC(C)(C)C. The van der Waals surface area contributed by atoms with Crippen molar-refractivity contribution in [3.05, 3.63) is 0 Å². The van der Waals surface area contributed by atoms with E-state index in [1.54, 1.807) is 0 Å². The topological polar surface area (TPSA) is 115 Å². The molecule has 0 aliphatic carbocycles. The van der Waals surface area contributed by atoms with E-state index in [1.165, 1.54) is 14.1 Å². The smallest absolute Gasteiger partial charge is 0.406 e. The molecule has 0 heterocycles. The van der Waals surface area contributed by atoms with E-state index in [2.05, 4.69) is 36.7 Å². The number of nitrogens with one attached hydrogen (secondary N) is 3. The van der Waals surface area contributed by atoms with Crippen LogP contribution in [-0.2, 0) is 19.0 Å². The molecule has 0 aliphatic heterocycles. The molecule has 164 valence electrons. The van der Waals surface area contributed by atoms with Crippen molar-refractivity contribution in [1.29, 1.82) is 0 Å². The van der Waals surface area contributed by atoms with E-state index in [0.29, 0.717) is 12.8 Å². The minimum Gasteiger partial charge on any atom is -0.447 e. The van der Waals surface area contributed by atoms with E-state index in [0.717, 1.165) is 6.42 Å². The zero-order valence-corrected chi connectivity index (χ0v) is 18.3. The predicted molar refractivity (Wildman–Crippen MR) is 106 cm³/mol. The number of rotatable bonds is 11. The summed E-state index contributed by atoms with van der Waals surface area (Å²) in [4.78, 5) is 34.6. The van der Waals surface area contributed by atoms with Crippen LogP contribution in [0.15, 0.2) is 0 Å². The monoisotopic (exact) mass is 403 g/mol. The minimum atomic E-state index is -0.616. The molecule has 0 aromatic heterocycles. The van der Waals surface area contributed by atoms with Gasteiger partial charge < -0.3 is 30.2 Å². The second-order valence-electron chi connectivity index (χ2n) is 8.46. The van der Waals surface area contributed by atoms with E-state index in [4.69, 9.17) is 14.2 Å². The van der Waals surface area contributed by atoms with Gasteiger partial charge in [0.15, 0.2) is 0 Å². The molecule has 0 saturated heterocycles. The molecular formula is C19H37N3O6. The lowest BCUT2D eigenvalue weighted by molar-refractivity contribution is -0.123. The van der Waals surface area contributed by atoms with Gasteiger partial charge in [-0.1, -0.05) is 20.8 Å². The van der Waals surface area contributed by atoms with Crippen LogP contribution in [0.3, 0.4) is 0 Å². The Morgan fingerprint density at radius 3 is 1.82 bits per heavy atom. The summed E-state index contributed by atoms with van der Waals surface area (Å²) in [5, 5.41) is 7.70. The van der Waals surface area contributed by atoms with Crippen molar-refractivity contribution in [3.8, 4) is 0 Å². The first kappa shape index (κ1) is 26.0. The highest BCUT2D eigenvalue weighted by atomic mass is 16.6. The van der Waals surface area contributed by atoms with Crippen molar-refractivity contribution in [2.24, 2.45) is 5.41 Å². The van der Waals surface area contributed by atoms with Crippen LogP contribution in [0, 0.1) is 5.41 Å². The lowest BCUT2D eigenvalue weighted by atomic mass is 9.82. The minimum absolute atomic E-state index is 0.0439. The van der Waals surface area contributed by atoms with Gasteiger partial charge in [0.1, 0.15) is 19.3 Å². The van der Waals surface area contributed by atoms with E-state index < -0.39 is 18.3 Å². The molecule has 0 fully saturated rings. The molecule has 28 heavy (non-hydrogen) atoms. The van der Waals surface area contributed by atoms with Crippen LogP contribution in [0.1, 0.15) is 53.9 Å². The van der Waals surface area contributed by atoms with Gasteiger partial charge in [-0.25, -0.2) is 9.59 Å². The van der Waals surface area contributed by atoms with Crippen molar-refractivity contribution in [1.82, 2.24) is 16.0 Å². The van der Waals surface area contributed by atoms with Crippen molar-refractivity contribution in [3.63, 3.8) is 0 Å². The van der Waals surface area contributed by atoms with Crippen molar-refractivity contribution in [2.45, 2.75) is 65.5 Å². The fraction of sp³-hybridized carbons (Fsp3) is 0.842. The average Bonchev–Trinajstić information content (AvgIpc) is 2.56. The highest BCUT2D eigenvalue weighted by Gasteiger charge is 2.26. The first-order valence-corrected chi connectivity index (χ1v) is 9.50. The number of hydrogen-bond acceptors (Lipinski definition) is 6. The van der Waals surface area contributed by atoms with Gasteiger partial charge in [0.2, 0.25) is 5.91 Å². The fourth-order valence-electron chi connectivity index (χ4n) is 2.92. The Kier molecular flexibility index (Phi) is 11.5. The van der Waals surface area contributed by atoms with Gasteiger partial charge in [-0.3, -0.25) is 4.79 Å². The van der Waals surface area contributed by atoms with Crippen LogP contribution in [0.2, 0.25) is 0 Å². The molecule has 0 radical (unpaired) electrons. The first-order chi connectivity index (χ1) is 12.9. The molecule has 0 aromatic carbocycles.